The Hall–Kier alpha value is -0.380. The van der Waals surface area contributed by atoms with Crippen molar-refractivity contribution in [1.29, 1.82) is 4.78 Å². The first kappa shape index (κ1) is 7.72. The van der Waals surface area contributed by atoms with E-state index in [0.717, 1.165) is 0 Å². The molecular weight excluding hydrogens is 150 g/mol. The summed E-state index contributed by atoms with van der Waals surface area (Å²) >= 11 is 0. The van der Waals surface area contributed by atoms with Gasteiger partial charge in [0.1, 0.15) is 5.78 Å². The molecule has 1 rings (SSSR count). The number of carbonyl (C=O) groups is 1. The molecule has 1 atom stereocenters. The van der Waals surface area contributed by atoms with Crippen LogP contribution in [0.25, 0.3) is 0 Å². The van der Waals surface area contributed by atoms with Crippen LogP contribution in [0.3, 0.4) is 0 Å². The molecule has 10 heavy (non-hydrogen) atoms. The molecule has 0 bridgehead atoms. The van der Waals surface area contributed by atoms with Crippen molar-refractivity contribution in [2.75, 3.05) is 12.0 Å². The van der Waals surface area contributed by atoms with Gasteiger partial charge in [-0.25, -0.2) is 0 Å². The first-order valence-electron chi connectivity index (χ1n) is 3.20. The molecule has 4 heteroatoms. The van der Waals surface area contributed by atoms with Gasteiger partial charge in [0, 0.05) is 34.6 Å². The van der Waals surface area contributed by atoms with Gasteiger partial charge in [0.05, 0.1) is 0 Å². The highest BCUT2D eigenvalue weighted by Crippen LogP contribution is 2.23. The van der Waals surface area contributed by atoms with Gasteiger partial charge in [-0.3, -0.25) is 13.8 Å². The molecule has 0 aliphatic heterocycles. The minimum Gasteiger partial charge on any atom is -0.300 e. The van der Waals surface area contributed by atoms with Gasteiger partial charge in [0.25, 0.3) is 0 Å². The van der Waals surface area contributed by atoms with Crippen molar-refractivity contribution < 1.29 is 9.00 Å². The Bertz CT molecular complexity index is 234. The summed E-state index contributed by atoms with van der Waals surface area (Å²) in [5.41, 5.74) is 0. The molecule has 0 aromatic heterocycles. The van der Waals surface area contributed by atoms with Crippen LogP contribution in [0.5, 0.6) is 0 Å². The second-order valence-electron chi connectivity index (χ2n) is 2.98. The van der Waals surface area contributed by atoms with E-state index in [1.54, 1.807) is 0 Å². The van der Waals surface area contributed by atoms with E-state index >= 15 is 0 Å². The minimum atomic E-state index is -2.36. The monoisotopic (exact) mass is 161 g/mol. The van der Waals surface area contributed by atoms with E-state index in [2.05, 4.69) is 0 Å². The Balaban J connectivity index is 2.36. The number of ketones is 1. The van der Waals surface area contributed by atoms with Crippen LogP contribution in [0.1, 0.15) is 12.8 Å². The molecular formula is C6H11NO2S. The number of rotatable bonds is 2. The third kappa shape index (κ3) is 2.10. The normalized spacial score (nSPS) is 25.5. The van der Waals surface area contributed by atoms with Crippen molar-refractivity contribution in [1.82, 2.24) is 0 Å². The van der Waals surface area contributed by atoms with Crippen molar-refractivity contribution in [3.05, 3.63) is 0 Å². The van der Waals surface area contributed by atoms with Gasteiger partial charge in [-0.2, -0.15) is 0 Å². The van der Waals surface area contributed by atoms with Crippen molar-refractivity contribution in [2.45, 2.75) is 12.8 Å². The molecule has 3 nitrogen and oxygen atoms in total. The molecule has 1 aliphatic carbocycles. The van der Waals surface area contributed by atoms with Crippen molar-refractivity contribution in [3.63, 3.8) is 0 Å². The fourth-order valence-electron chi connectivity index (χ4n) is 1.15. The molecule has 0 radical (unpaired) electrons. The predicted molar refractivity (Wildman–Crippen MR) is 39.4 cm³/mol. The molecule has 1 saturated carbocycles. The van der Waals surface area contributed by atoms with Crippen LogP contribution >= 0.6 is 0 Å². The molecule has 0 saturated heterocycles. The molecule has 0 amide bonds. The van der Waals surface area contributed by atoms with Crippen molar-refractivity contribution in [2.24, 2.45) is 5.92 Å². The lowest BCUT2D eigenvalue weighted by molar-refractivity contribution is -0.126. The zero-order chi connectivity index (χ0) is 7.78. The summed E-state index contributed by atoms with van der Waals surface area (Å²) in [4.78, 5) is 10.4. The topological polar surface area (TPSA) is 58.0 Å². The SMILES string of the molecule is CS(=N)(=O)CC1CC(=O)C1. The zero-order valence-electron chi connectivity index (χ0n) is 5.92. The summed E-state index contributed by atoms with van der Waals surface area (Å²) in [5.74, 6) is 0.884. The van der Waals surface area contributed by atoms with Crippen LogP contribution in [-0.2, 0) is 14.5 Å². The van der Waals surface area contributed by atoms with Crippen LogP contribution in [0.2, 0.25) is 0 Å². The predicted octanol–water partition coefficient (Wildman–Crippen LogP) is 0.642. The number of hydrogen-bond acceptors (Lipinski definition) is 3. The van der Waals surface area contributed by atoms with Crippen molar-refractivity contribution >= 4 is 15.5 Å². The summed E-state index contributed by atoms with van der Waals surface area (Å²) in [5, 5.41) is 0. The Labute approximate surface area is 60.8 Å². The molecule has 0 heterocycles. The molecule has 0 spiro atoms. The van der Waals surface area contributed by atoms with Gasteiger partial charge in [0.2, 0.25) is 0 Å². The fourth-order valence-corrected chi connectivity index (χ4v) is 2.29. The van der Waals surface area contributed by atoms with Crippen LogP contribution in [0.15, 0.2) is 0 Å². The van der Waals surface area contributed by atoms with Gasteiger partial charge in [-0.15, -0.1) is 0 Å². The van der Waals surface area contributed by atoms with E-state index in [0.29, 0.717) is 18.6 Å². The van der Waals surface area contributed by atoms with E-state index in [9.17, 15) is 9.00 Å². The third-order valence-corrected chi connectivity index (χ3v) is 2.69. The number of hydrogen-bond donors (Lipinski definition) is 1. The number of nitrogens with one attached hydrogen (secondary N) is 1. The van der Waals surface area contributed by atoms with Crippen LogP contribution in [0, 0.1) is 10.7 Å². The summed E-state index contributed by atoms with van der Waals surface area (Å²) in [7, 11) is -2.36. The van der Waals surface area contributed by atoms with Gasteiger partial charge in [0.15, 0.2) is 0 Å². The Morgan fingerprint density at radius 2 is 2.20 bits per heavy atom. The largest absolute Gasteiger partial charge is 0.300 e. The van der Waals surface area contributed by atoms with Crippen molar-refractivity contribution in [3.8, 4) is 0 Å². The molecule has 1 aliphatic rings. The first-order valence-corrected chi connectivity index (χ1v) is 5.34. The maximum absolute atomic E-state index is 10.9. The van der Waals surface area contributed by atoms with Gasteiger partial charge >= 0.3 is 0 Å². The van der Waals surface area contributed by atoms with E-state index in [-0.39, 0.29) is 11.7 Å². The zero-order valence-corrected chi connectivity index (χ0v) is 6.74. The second kappa shape index (κ2) is 2.34. The Morgan fingerprint density at radius 3 is 2.50 bits per heavy atom. The maximum atomic E-state index is 10.9. The number of carbonyl (C=O) groups excluding carboxylic acids is 1. The lowest BCUT2D eigenvalue weighted by atomic mass is 9.86. The maximum Gasteiger partial charge on any atom is 0.133 e. The molecule has 0 aromatic rings. The summed E-state index contributed by atoms with van der Waals surface area (Å²) in [6.07, 6.45) is 2.52. The quantitative estimate of drug-likeness (QED) is 0.646. The fraction of sp³-hybridized carbons (Fsp3) is 0.833. The highest BCUT2D eigenvalue weighted by molar-refractivity contribution is 7.91. The average Bonchev–Trinajstić information content (AvgIpc) is 1.57. The summed E-state index contributed by atoms with van der Waals surface area (Å²) < 4.78 is 17.9. The van der Waals surface area contributed by atoms with E-state index in [1.165, 1.54) is 6.26 Å². The first-order chi connectivity index (χ1) is 4.47. The van der Waals surface area contributed by atoms with Crippen LogP contribution < -0.4 is 0 Å². The lowest BCUT2D eigenvalue weighted by Crippen LogP contribution is -2.28. The summed E-state index contributed by atoms with van der Waals surface area (Å²) in [6, 6.07) is 0. The Morgan fingerprint density at radius 1 is 1.70 bits per heavy atom. The average molecular weight is 161 g/mol. The van der Waals surface area contributed by atoms with E-state index < -0.39 is 9.73 Å². The lowest BCUT2D eigenvalue weighted by Gasteiger charge is -2.23. The minimum absolute atomic E-state index is 0.238. The van der Waals surface area contributed by atoms with Gasteiger partial charge < -0.3 is 0 Å². The van der Waals surface area contributed by atoms with E-state index in [1.807, 2.05) is 0 Å². The summed E-state index contributed by atoms with van der Waals surface area (Å²) in [6.45, 7) is 0. The molecule has 58 valence electrons. The molecule has 0 aromatic carbocycles. The third-order valence-electron chi connectivity index (χ3n) is 1.59. The van der Waals surface area contributed by atoms with Crippen LogP contribution in [0.4, 0.5) is 0 Å². The van der Waals surface area contributed by atoms with E-state index in [4.69, 9.17) is 4.78 Å². The second-order valence-corrected chi connectivity index (χ2v) is 5.33. The Kier molecular flexibility index (Phi) is 1.81. The molecule has 1 N–H and O–H groups in total. The number of Topliss-reactive ketones (excluding diaryl/α,β-unsaturated/α-hetero) is 1. The smallest absolute Gasteiger partial charge is 0.133 e. The van der Waals surface area contributed by atoms with Gasteiger partial charge in [-0.1, -0.05) is 0 Å². The van der Waals surface area contributed by atoms with Crippen LogP contribution in [-0.4, -0.2) is 22.0 Å². The molecule has 1 fully saturated rings. The standard InChI is InChI=1S/C6H11NO2S/c1-10(7,9)4-5-2-6(8)3-5/h5,7H,2-4H2,1H3. The highest BCUT2D eigenvalue weighted by Gasteiger charge is 2.27. The molecule has 1 unspecified atom stereocenters. The van der Waals surface area contributed by atoms with Gasteiger partial charge in [-0.05, 0) is 5.92 Å². The highest BCUT2D eigenvalue weighted by atomic mass is 32.2.